The van der Waals surface area contributed by atoms with E-state index in [1.165, 1.54) is 22.3 Å². The first-order chi connectivity index (χ1) is 30.2. The summed E-state index contributed by atoms with van der Waals surface area (Å²) in [5.41, 5.74) is 12.9. The van der Waals surface area contributed by atoms with Crippen molar-refractivity contribution in [3.63, 3.8) is 0 Å². The molecule has 0 saturated heterocycles. The van der Waals surface area contributed by atoms with Gasteiger partial charge >= 0.3 is 0 Å². The average Bonchev–Trinajstić information content (AvgIpc) is 3.84. The van der Waals surface area contributed by atoms with Gasteiger partial charge in [-0.1, -0.05) is 158 Å². The molecular weight excluding hydrogens is 747 g/mol. The standard InChI is InChI=1S/C56H33N3O2/c1-3-16-34(17-4-1)53-57-54(35-18-5-2-6-19-35)59-55(58-53)42-31-37-21-8-7-20-36(37)30-40(42)39-23-15-29-50-52(39)43-32-41-38-22-9-10-24-44(38)56(47(41)33-51(43)61-50)45-25-11-13-27-48(45)60-49-28-14-12-26-46(49)56/h1-33H. The summed E-state index contributed by atoms with van der Waals surface area (Å²) in [5, 5.41) is 4.32. The second-order valence-electron chi connectivity index (χ2n) is 15.8. The number of hydrogen-bond donors (Lipinski definition) is 0. The quantitative estimate of drug-likeness (QED) is 0.178. The lowest BCUT2D eigenvalue weighted by molar-refractivity contribution is 0.436. The van der Waals surface area contributed by atoms with Crippen molar-refractivity contribution in [1.29, 1.82) is 0 Å². The molecule has 284 valence electrons. The molecule has 9 aromatic carbocycles. The van der Waals surface area contributed by atoms with Crippen LogP contribution in [0.1, 0.15) is 22.3 Å². The van der Waals surface area contributed by atoms with E-state index in [4.69, 9.17) is 24.1 Å². The van der Waals surface area contributed by atoms with Crippen LogP contribution in [0.2, 0.25) is 0 Å². The van der Waals surface area contributed by atoms with Crippen LogP contribution in [0.4, 0.5) is 0 Å². The summed E-state index contributed by atoms with van der Waals surface area (Å²) < 4.78 is 13.6. The van der Waals surface area contributed by atoms with E-state index in [0.717, 1.165) is 83.2 Å². The van der Waals surface area contributed by atoms with Crippen LogP contribution in [-0.2, 0) is 5.41 Å². The van der Waals surface area contributed by atoms with Crippen LogP contribution in [0.3, 0.4) is 0 Å². The fraction of sp³-hybridized carbons (Fsp3) is 0.0179. The van der Waals surface area contributed by atoms with Crippen molar-refractivity contribution in [3.05, 3.63) is 222 Å². The van der Waals surface area contributed by atoms with Gasteiger partial charge in [-0.3, -0.25) is 0 Å². The van der Waals surface area contributed by atoms with Crippen molar-refractivity contribution in [2.24, 2.45) is 0 Å². The smallest absolute Gasteiger partial charge is 0.164 e. The van der Waals surface area contributed by atoms with E-state index in [9.17, 15) is 0 Å². The number of ether oxygens (including phenoxy) is 1. The molecule has 0 saturated carbocycles. The van der Waals surface area contributed by atoms with Gasteiger partial charge in [-0.25, -0.2) is 15.0 Å². The number of para-hydroxylation sites is 2. The van der Waals surface area contributed by atoms with Gasteiger partial charge in [-0.05, 0) is 86.6 Å². The second-order valence-corrected chi connectivity index (χ2v) is 15.8. The first-order valence-corrected chi connectivity index (χ1v) is 20.6. The summed E-state index contributed by atoms with van der Waals surface area (Å²) in [4.78, 5) is 15.5. The molecule has 1 spiro atoms. The predicted octanol–water partition coefficient (Wildman–Crippen LogP) is 14.1. The maximum absolute atomic E-state index is 6.96. The predicted molar refractivity (Wildman–Crippen MR) is 244 cm³/mol. The van der Waals surface area contributed by atoms with Gasteiger partial charge in [0.1, 0.15) is 22.7 Å². The normalized spacial score (nSPS) is 13.2. The van der Waals surface area contributed by atoms with Crippen LogP contribution in [0.25, 0.3) is 89.1 Å². The molecule has 0 N–H and O–H groups in total. The first kappa shape index (κ1) is 33.8. The molecule has 11 aromatic rings. The summed E-state index contributed by atoms with van der Waals surface area (Å²) in [7, 11) is 0. The Kier molecular flexibility index (Phi) is 7.16. The topological polar surface area (TPSA) is 61.0 Å². The molecule has 13 rings (SSSR count). The number of furan rings is 1. The van der Waals surface area contributed by atoms with Crippen molar-refractivity contribution in [2.75, 3.05) is 0 Å². The third-order valence-corrected chi connectivity index (χ3v) is 12.6. The Bertz CT molecular complexity index is 3470. The van der Waals surface area contributed by atoms with Crippen LogP contribution in [0.5, 0.6) is 11.5 Å². The second kappa shape index (κ2) is 12.9. The molecule has 0 unspecified atom stereocenters. The minimum atomic E-state index is -0.593. The maximum atomic E-state index is 6.96. The number of hydrogen-bond acceptors (Lipinski definition) is 5. The highest BCUT2D eigenvalue weighted by Gasteiger charge is 2.51. The van der Waals surface area contributed by atoms with Crippen LogP contribution in [0.15, 0.2) is 205 Å². The average molecular weight is 780 g/mol. The SMILES string of the molecule is c1ccc(-c2nc(-c3ccccc3)nc(-c3cc4ccccc4cc3-c3cccc4oc5cc6c(cc5c34)-c3ccccc3C63c4ccccc4Oc4ccccc43)n2)cc1. The Morgan fingerprint density at radius 3 is 1.56 bits per heavy atom. The van der Waals surface area contributed by atoms with Crippen LogP contribution in [0, 0.1) is 0 Å². The van der Waals surface area contributed by atoms with E-state index >= 15 is 0 Å². The number of aromatic nitrogens is 3. The van der Waals surface area contributed by atoms with Gasteiger partial charge in [0.05, 0.1) is 5.41 Å². The van der Waals surface area contributed by atoms with Crippen molar-refractivity contribution in [1.82, 2.24) is 15.0 Å². The molecular formula is C56H33N3O2. The zero-order valence-corrected chi connectivity index (χ0v) is 32.7. The molecule has 3 heterocycles. The highest BCUT2D eigenvalue weighted by atomic mass is 16.5. The van der Waals surface area contributed by atoms with Gasteiger partial charge in [0.15, 0.2) is 17.5 Å². The van der Waals surface area contributed by atoms with E-state index < -0.39 is 5.41 Å². The summed E-state index contributed by atoms with van der Waals surface area (Å²) in [6.45, 7) is 0. The maximum Gasteiger partial charge on any atom is 0.164 e. The van der Waals surface area contributed by atoms with Gasteiger partial charge in [-0.2, -0.15) is 0 Å². The van der Waals surface area contributed by atoms with Gasteiger partial charge in [-0.15, -0.1) is 0 Å². The van der Waals surface area contributed by atoms with Crippen LogP contribution < -0.4 is 4.74 Å². The van der Waals surface area contributed by atoms with E-state index in [1.54, 1.807) is 0 Å². The number of fused-ring (bicyclic) bond motifs is 13. The Balaban J connectivity index is 1.09. The highest BCUT2D eigenvalue weighted by Crippen LogP contribution is 2.63. The molecule has 0 atom stereocenters. The van der Waals surface area contributed by atoms with Gasteiger partial charge in [0.2, 0.25) is 0 Å². The number of benzene rings is 9. The minimum Gasteiger partial charge on any atom is -0.457 e. The van der Waals surface area contributed by atoms with E-state index in [-0.39, 0.29) is 0 Å². The zero-order chi connectivity index (χ0) is 40.1. The molecule has 2 aromatic heterocycles. The van der Waals surface area contributed by atoms with E-state index in [2.05, 4.69) is 140 Å². The lowest BCUT2D eigenvalue weighted by Crippen LogP contribution is -2.32. The van der Waals surface area contributed by atoms with Gasteiger partial charge in [0, 0.05) is 38.6 Å². The Morgan fingerprint density at radius 2 is 0.885 bits per heavy atom. The zero-order valence-electron chi connectivity index (χ0n) is 32.7. The summed E-state index contributed by atoms with van der Waals surface area (Å²) >= 11 is 0. The third-order valence-electron chi connectivity index (χ3n) is 12.6. The summed E-state index contributed by atoms with van der Waals surface area (Å²) in [6, 6.07) is 70.1. The molecule has 0 amide bonds. The van der Waals surface area contributed by atoms with E-state index in [0.29, 0.717) is 17.5 Å². The lowest BCUT2D eigenvalue weighted by Gasteiger charge is -2.39. The lowest BCUT2D eigenvalue weighted by atomic mass is 9.66. The largest absolute Gasteiger partial charge is 0.457 e. The van der Waals surface area contributed by atoms with Crippen LogP contribution >= 0.6 is 0 Å². The molecule has 0 fully saturated rings. The molecule has 0 radical (unpaired) electrons. The third kappa shape index (κ3) is 4.92. The molecule has 0 bridgehead atoms. The summed E-state index contributed by atoms with van der Waals surface area (Å²) in [6.07, 6.45) is 0. The van der Waals surface area contributed by atoms with Gasteiger partial charge in [0.25, 0.3) is 0 Å². The van der Waals surface area contributed by atoms with Crippen molar-refractivity contribution >= 4 is 32.7 Å². The minimum absolute atomic E-state index is 0.593. The van der Waals surface area contributed by atoms with Crippen molar-refractivity contribution in [3.8, 4) is 67.9 Å². The Hall–Kier alpha value is -8.15. The molecule has 61 heavy (non-hydrogen) atoms. The molecule has 1 aliphatic carbocycles. The van der Waals surface area contributed by atoms with E-state index in [1.807, 2.05) is 60.7 Å². The molecule has 5 heteroatoms. The monoisotopic (exact) mass is 779 g/mol. The number of rotatable bonds is 4. The highest BCUT2D eigenvalue weighted by molar-refractivity contribution is 6.16. The first-order valence-electron chi connectivity index (χ1n) is 20.6. The molecule has 5 nitrogen and oxygen atoms in total. The molecule has 1 aliphatic heterocycles. The summed E-state index contributed by atoms with van der Waals surface area (Å²) in [5.74, 6) is 3.57. The fourth-order valence-corrected chi connectivity index (χ4v) is 9.97. The number of nitrogens with zero attached hydrogens (tertiary/aromatic N) is 3. The van der Waals surface area contributed by atoms with Crippen molar-refractivity contribution in [2.45, 2.75) is 5.41 Å². The Morgan fingerprint density at radius 1 is 0.344 bits per heavy atom. The molecule has 2 aliphatic rings. The Labute approximate surface area is 351 Å². The fourth-order valence-electron chi connectivity index (χ4n) is 9.97. The van der Waals surface area contributed by atoms with Gasteiger partial charge < -0.3 is 9.15 Å². The van der Waals surface area contributed by atoms with Crippen LogP contribution in [-0.4, -0.2) is 15.0 Å². The van der Waals surface area contributed by atoms with Crippen molar-refractivity contribution < 1.29 is 9.15 Å².